The van der Waals surface area contributed by atoms with Gasteiger partial charge in [0, 0.05) is 18.4 Å². The summed E-state index contributed by atoms with van der Waals surface area (Å²) in [6.07, 6.45) is 1.51. The number of fused-ring (bicyclic) bond motifs is 1. The minimum Gasteiger partial charge on any atom is -0.496 e. The Hall–Kier alpha value is -1.46. The van der Waals surface area contributed by atoms with Crippen molar-refractivity contribution in [2.24, 2.45) is 5.90 Å². The minimum absolute atomic E-state index is 0.413. The molecule has 1 heterocycles. The maximum Gasteiger partial charge on any atom is 0.168 e. The Morgan fingerprint density at radius 3 is 2.88 bits per heavy atom. The van der Waals surface area contributed by atoms with Gasteiger partial charge in [-0.3, -0.25) is 0 Å². The third-order valence-electron chi connectivity index (χ3n) is 2.66. The molecule has 0 amide bonds. The molecule has 1 aliphatic rings. The van der Waals surface area contributed by atoms with E-state index in [1.54, 1.807) is 7.11 Å². The van der Waals surface area contributed by atoms with Crippen molar-refractivity contribution in [3.63, 3.8) is 0 Å². The highest BCUT2D eigenvalue weighted by Crippen LogP contribution is 2.39. The Labute approximate surface area is 100 Å². The highest BCUT2D eigenvalue weighted by atomic mass is 16.6. The number of nitrogens with two attached hydrogens (primary N) is 1. The highest BCUT2D eigenvalue weighted by molar-refractivity contribution is 5.54. The first kappa shape index (κ1) is 12.0. The summed E-state index contributed by atoms with van der Waals surface area (Å²) in [4.78, 5) is 4.62. The number of methoxy groups -OCH3 is 1. The summed E-state index contributed by atoms with van der Waals surface area (Å²) in [5.74, 6) is 7.34. The summed E-state index contributed by atoms with van der Waals surface area (Å²) in [5.41, 5.74) is 0.942. The molecular weight excluding hydrogens is 222 g/mol. The van der Waals surface area contributed by atoms with Crippen LogP contribution in [0.4, 0.5) is 0 Å². The maximum atomic E-state index is 5.72. The lowest BCUT2D eigenvalue weighted by atomic mass is 10.1. The Kier molecular flexibility index (Phi) is 4.06. The van der Waals surface area contributed by atoms with Crippen LogP contribution in [-0.2, 0) is 11.3 Å². The van der Waals surface area contributed by atoms with E-state index in [1.807, 2.05) is 12.1 Å². The van der Waals surface area contributed by atoms with Crippen LogP contribution in [0.5, 0.6) is 17.2 Å². The number of hydrogen-bond acceptors (Lipinski definition) is 5. The number of benzene rings is 1. The van der Waals surface area contributed by atoms with Gasteiger partial charge in [0.2, 0.25) is 0 Å². The molecule has 0 spiro atoms. The second-order valence-electron chi connectivity index (χ2n) is 3.74. The van der Waals surface area contributed by atoms with Gasteiger partial charge in [0.1, 0.15) is 5.75 Å². The standard InChI is InChI=1S/C12H17NO4/c1-14-10-3-4-11-12(9(10)5-8-17-13)16-7-2-6-15-11/h3-4H,2,5-8,13H2,1H3. The summed E-state index contributed by atoms with van der Waals surface area (Å²) >= 11 is 0. The van der Waals surface area contributed by atoms with Crippen molar-refractivity contribution in [1.82, 2.24) is 0 Å². The molecule has 0 bridgehead atoms. The van der Waals surface area contributed by atoms with Crippen molar-refractivity contribution in [3.05, 3.63) is 17.7 Å². The van der Waals surface area contributed by atoms with Crippen molar-refractivity contribution < 1.29 is 19.0 Å². The second kappa shape index (κ2) is 5.75. The molecule has 0 fully saturated rings. The molecule has 1 aliphatic heterocycles. The van der Waals surface area contributed by atoms with Crippen LogP contribution in [0.3, 0.4) is 0 Å². The van der Waals surface area contributed by atoms with E-state index in [-0.39, 0.29) is 0 Å². The highest BCUT2D eigenvalue weighted by Gasteiger charge is 2.18. The normalized spacial score (nSPS) is 14.2. The predicted molar refractivity (Wildman–Crippen MR) is 62.4 cm³/mol. The first-order chi connectivity index (χ1) is 8.36. The first-order valence-electron chi connectivity index (χ1n) is 5.64. The SMILES string of the molecule is COc1ccc2c(c1CCON)OCCCO2. The van der Waals surface area contributed by atoms with Crippen LogP contribution >= 0.6 is 0 Å². The molecule has 0 saturated carbocycles. The molecule has 2 N–H and O–H groups in total. The molecule has 0 aliphatic carbocycles. The fourth-order valence-electron chi connectivity index (χ4n) is 1.86. The Morgan fingerprint density at radius 2 is 2.12 bits per heavy atom. The van der Waals surface area contributed by atoms with Crippen LogP contribution in [0.15, 0.2) is 12.1 Å². The molecule has 1 aromatic rings. The quantitative estimate of drug-likeness (QED) is 0.802. The molecule has 0 saturated heterocycles. The average molecular weight is 239 g/mol. The van der Waals surface area contributed by atoms with Gasteiger partial charge in [-0.05, 0) is 12.1 Å². The van der Waals surface area contributed by atoms with E-state index in [2.05, 4.69) is 4.84 Å². The van der Waals surface area contributed by atoms with Crippen LogP contribution in [0, 0.1) is 0 Å². The Morgan fingerprint density at radius 1 is 1.29 bits per heavy atom. The number of rotatable bonds is 4. The van der Waals surface area contributed by atoms with Gasteiger partial charge >= 0.3 is 0 Å². The van der Waals surface area contributed by atoms with Crippen molar-refractivity contribution in [2.75, 3.05) is 26.9 Å². The Balaban J connectivity index is 2.36. The van der Waals surface area contributed by atoms with E-state index in [1.165, 1.54) is 0 Å². The van der Waals surface area contributed by atoms with Crippen molar-refractivity contribution in [2.45, 2.75) is 12.8 Å². The Bertz CT molecular complexity index is 381. The lowest BCUT2D eigenvalue weighted by Gasteiger charge is -2.15. The van der Waals surface area contributed by atoms with Gasteiger partial charge in [-0.25, -0.2) is 5.90 Å². The molecule has 1 aromatic carbocycles. The van der Waals surface area contributed by atoms with E-state index >= 15 is 0 Å². The van der Waals surface area contributed by atoms with Gasteiger partial charge in [-0.2, -0.15) is 0 Å². The molecule has 0 unspecified atom stereocenters. The van der Waals surface area contributed by atoms with E-state index in [9.17, 15) is 0 Å². The van der Waals surface area contributed by atoms with Crippen molar-refractivity contribution in [1.29, 1.82) is 0 Å². The second-order valence-corrected chi connectivity index (χ2v) is 3.74. The van der Waals surface area contributed by atoms with Crippen molar-refractivity contribution >= 4 is 0 Å². The summed E-state index contributed by atoms with van der Waals surface area (Å²) in [6.45, 7) is 1.74. The van der Waals surface area contributed by atoms with E-state index in [0.29, 0.717) is 26.2 Å². The molecule has 17 heavy (non-hydrogen) atoms. The van der Waals surface area contributed by atoms with Crippen molar-refractivity contribution in [3.8, 4) is 17.2 Å². The van der Waals surface area contributed by atoms with Crippen LogP contribution in [0.1, 0.15) is 12.0 Å². The third-order valence-corrected chi connectivity index (χ3v) is 2.66. The molecular formula is C12H17NO4. The van der Waals surface area contributed by atoms with Gasteiger partial charge in [0.05, 0.1) is 26.9 Å². The fourth-order valence-corrected chi connectivity index (χ4v) is 1.86. The zero-order valence-corrected chi connectivity index (χ0v) is 9.90. The zero-order valence-electron chi connectivity index (χ0n) is 9.90. The topological polar surface area (TPSA) is 62.9 Å². The third kappa shape index (κ3) is 2.62. The van der Waals surface area contributed by atoms with Gasteiger partial charge in [0.15, 0.2) is 11.5 Å². The lowest BCUT2D eigenvalue weighted by molar-refractivity contribution is 0.140. The summed E-state index contributed by atoms with van der Waals surface area (Å²) < 4.78 is 16.7. The van der Waals surface area contributed by atoms with Crippen LogP contribution in [0.2, 0.25) is 0 Å². The largest absolute Gasteiger partial charge is 0.496 e. The molecule has 94 valence electrons. The van der Waals surface area contributed by atoms with Gasteiger partial charge in [0.25, 0.3) is 0 Å². The maximum absolute atomic E-state index is 5.72. The monoisotopic (exact) mass is 239 g/mol. The lowest BCUT2D eigenvalue weighted by Crippen LogP contribution is -2.07. The van der Waals surface area contributed by atoms with E-state index < -0.39 is 0 Å². The van der Waals surface area contributed by atoms with Gasteiger partial charge in [-0.1, -0.05) is 0 Å². The smallest absolute Gasteiger partial charge is 0.168 e. The molecule has 2 rings (SSSR count). The van der Waals surface area contributed by atoms with E-state index in [4.69, 9.17) is 20.1 Å². The van der Waals surface area contributed by atoms with E-state index in [0.717, 1.165) is 29.2 Å². The predicted octanol–water partition coefficient (Wildman–Crippen LogP) is 1.29. The summed E-state index contributed by atoms with van der Waals surface area (Å²) in [7, 11) is 1.63. The van der Waals surface area contributed by atoms with Gasteiger partial charge < -0.3 is 19.0 Å². The molecule has 5 nitrogen and oxygen atoms in total. The van der Waals surface area contributed by atoms with Gasteiger partial charge in [-0.15, -0.1) is 0 Å². The fraction of sp³-hybridized carbons (Fsp3) is 0.500. The summed E-state index contributed by atoms with van der Waals surface area (Å²) in [6, 6.07) is 3.74. The molecule has 0 aromatic heterocycles. The van der Waals surface area contributed by atoms with Crippen LogP contribution in [0.25, 0.3) is 0 Å². The number of hydrogen-bond donors (Lipinski definition) is 1. The summed E-state index contributed by atoms with van der Waals surface area (Å²) in [5, 5.41) is 0. The molecule has 0 radical (unpaired) electrons. The molecule has 0 atom stereocenters. The van der Waals surface area contributed by atoms with Crippen LogP contribution < -0.4 is 20.1 Å². The van der Waals surface area contributed by atoms with Crippen LogP contribution in [-0.4, -0.2) is 26.9 Å². The average Bonchev–Trinajstić information content (AvgIpc) is 2.60. The zero-order chi connectivity index (χ0) is 12.1. The first-order valence-corrected chi connectivity index (χ1v) is 5.64. The minimum atomic E-state index is 0.413. The number of ether oxygens (including phenoxy) is 3. The molecule has 5 heteroatoms.